The van der Waals surface area contributed by atoms with E-state index in [-0.39, 0.29) is 11.7 Å². The number of halogens is 1. The number of rotatable bonds is 6. The van der Waals surface area contributed by atoms with Gasteiger partial charge in [-0.15, -0.1) is 0 Å². The molecule has 27 heavy (non-hydrogen) atoms. The number of ether oxygens (including phenoxy) is 1. The lowest BCUT2D eigenvalue weighted by atomic mass is 9.83. The Morgan fingerprint density at radius 1 is 1.22 bits per heavy atom. The third-order valence-electron chi connectivity index (χ3n) is 4.50. The van der Waals surface area contributed by atoms with Crippen molar-refractivity contribution in [1.29, 1.82) is 0 Å². The molecule has 1 heterocycles. The van der Waals surface area contributed by atoms with Gasteiger partial charge in [-0.05, 0) is 49.2 Å². The number of nitrogens with zero attached hydrogens (tertiary/aromatic N) is 2. The van der Waals surface area contributed by atoms with Crippen LogP contribution >= 0.6 is 0 Å². The second-order valence-electron chi connectivity index (χ2n) is 6.86. The van der Waals surface area contributed by atoms with Gasteiger partial charge in [-0.1, -0.05) is 24.3 Å². The molecule has 1 N–H and O–H groups in total. The van der Waals surface area contributed by atoms with Gasteiger partial charge in [-0.3, -0.25) is 9.48 Å². The molecule has 0 radical (unpaired) electrons. The van der Waals surface area contributed by atoms with E-state index in [1.165, 1.54) is 12.1 Å². The highest BCUT2D eigenvalue weighted by Gasteiger charge is 2.30. The smallest absolute Gasteiger partial charge is 0.234 e. The van der Waals surface area contributed by atoms with Crippen LogP contribution in [0.4, 0.5) is 10.1 Å². The monoisotopic (exact) mass is 367 g/mol. The highest BCUT2D eigenvalue weighted by Crippen LogP contribution is 2.25. The summed E-state index contributed by atoms with van der Waals surface area (Å²) >= 11 is 0. The molecule has 5 nitrogen and oxygen atoms in total. The Morgan fingerprint density at radius 2 is 1.96 bits per heavy atom. The van der Waals surface area contributed by atoms with Gasteiger partial charge in [-0.25, -0.2) is 4.39 Å². The maximum atomic E-state index is 13.1. The Hall–Kier alpha value is -3.15. The number of aromatic nitrogens is 2. The van der Waals surface area contributed by atoms with Crippen LogP contribution in [0.25, 0.3) is 0 Å². The molecule has 0 saturated carbocycles. The largest absolute Gasteiger partial charge is 0.497 e. The molecular formula is C21H22FN3O2. The van der Waals surface area contributed by atoms with Crippen molar-refractivity contribution in [2.75, 3.05) is 12.4 Å². The summed E-state index contributed by atoms with van der Waals surface area (Å²) in [5.41, 5.74) is 1.59. The highest BCUT2D eigenvalue weighted by atomic mass is 19.1. The maximum Gasteiger partial charge on any atom is 0.234 e. The first-order valence-electron chi connectivity index (χ1n) is 8.61. The number of nitrogens with one attached hydrogen (secondary N) is 1. The van der Waals surface area contributed by atoms with Crippen LogP contribution in [0, 0.1) is 5.82 Å². The predicted molar refractivity (Wildman–Crippen MR) is 102 cm³/mol. The van der Waals surface area contributed by atoms with Crippen LogP contribution in [0.5, 0.6) is 5.75 Å². The molecule has 140 valence electrons. The molecule has 1 amide bonds. The van der Waals surface area contributed by atoms with Gasteiger partial charge in [0.15, 0.2) is 0 Å². The Labute approximate surface area is 157 Å². The third kappa shape index (κ3) is 4.34. The molecule has 0 aliphatic carbocycles. The van der Waals surface area contributed by atoms with Crippen LogP contribution in [0.3, 0.4) is 0 Å². The summed E-state index contributed by atoms with van der Waals surface area (Å²) in [6.45, 7) is 4.17. The minimum Gasteiger partial charge on any atom is -0.497 e. The first-order valence-corrected chi connectivity index (χ1v) is 8.61. The van der Waals surface area contributed by atoms with Crippen LogP contribution in [-0.4, -0.2) is 22.8 Å². The standard InChI is InChI=1S/C21H22FN3O2/c1-21(2,16-7-9-17(22)10-8-16)20(26)24-18-12-23-25(14-18)13-15-5-4-6-19(11-15)27-3/h4-12,14H,13H2,1-3H3,(H,24,26). The second-order valence-corrected chi connectivity index (χ2v) is 6.86. The molecule has 2 aromatic carbocycles. The van der Waals surface area contributed by atoms with Crippen LogP contribution in [-0.2, 0) is 16.8 Å². The van der Waals surface area contributed by atoms with Crippen LogP contribution in [0.1, 0.15) is 25.0 Å². The summed E-state index contributed by atoms with van der Waals surface area (Å²) in [4.78, 5) is 12.7. The van der Waals surface area contributed by atoms with Gasteiger partial charge in [0.25, 0.3) is 0 Å². The van der Waals surface area contributed by atoms with E-state index in [1.807, 2.05) is 24.3 Å². The molecule has 3 rings (SSSR count). The Morgan fingerprint density at radius 3 is 2.67 bits per heavy atom. The normalized spacial score (nSPS) is 11.3. The van der Waals surface area contributed by atoms with E-state index in [0.717, 1.165) is 16.9 Å². The molecule has 0 saturated heterocycles. The molecule has 3 aromatic rings. The summed E-state index contributed by atoms with van der Waals surface area (Å²) in [7, 11) is 1.63. The SMILES string of the molecule is COc1cccc(Cn2cc(NC(=O)C(C)(C)c3ccc(F)cc3)cn2)c1. The van der Waals surface area contributed by atoms with E-state index in [1.54, 1.807) is 50.2 Å². The summed E-state index contributed by atoms with van der Waals surface area (Å²) in [5, 5.41) is 7.18. The van der Waals surface area contributed by atoms with Gasteiger partial charge in [0.2, 0.25) is 5.91 Å². The predicted octanol–water partition coefficient (Wildman–Crippen LogP) is 4.00. The molecule has 0 atom stereocenters. The summed E-state index contributed by atoms with van der Waals surface area (Å²) in [5.74, 6) is 0.276. The molecule has 1 aromatic heterocycles. The second kappa shape index (κ2) is 7.61. The van der Waals surface area contributed by atoms with E-state index in [0.29, 0.717) is 12.2 Å². The molecule has 0 fully saturated rings. The molecule has 0 unspecified atom stereocenters. The van der Waals surface area contributed by atoms with Crippen molar-refractivity contribution in [2.45, 2.75) is 25.8 Å². The van der Waals surface area contributed by atoms with Crippen molar-refractivity contribution in [3.63, 3.8) is 0 Å². The molecule has 0 aliphatic heterocycles. The topological polar surface area (TPSA) is 56.1 Å². The quantitative estimate of drug-likeness (QED) is 0.717. The van der Waals surface area contributed by atoms with Gasteiger partial charge < -0.3 is 10.1 Å². The highest BCUT2D eigenvalue weighted by molar-refractivity contribution is 5.98. The number of amides is 1. The average molecular weight is 367 g/mol. The molecule has 0 spiro atoms. The third-order valence-corrected chi connectivity index (χ3v) is 4.50. The van der Waals surface area contributed by atoms with Crippen molar-refractivity contribution < 1.29 is 13.9 Å². The number of anilines is 1. The van der Waals surface area contributed by atoms with Crippen molar-refractivity contribution >= 4 is 11.6 Å². The van der Waals surface area contributed by atoms with Crippen LogP contribution in [0.2, 0.25) is 0 Å². The summed E-state index contributed by atoms with van der Waals surface area (Å²) in [6.07, 6.45) is 3.39. The number of hydrogen-bond acceptors (Lipinski definition) is 3. The number of carbonyl (C=O) groups excluding carboxylic acids is 1. The van der Waals surface area contributed by atoms with Gasteiger partial charge >= 0.3 is 0 Å². The lowest BCUT2D eigenvalue weighted by Gasteiger charge is -2.23. The first-order chi connectivity index (χ1) is 12.9. The average Bonchev–Trinajstić information content (AvgIpc) is 3.09. The summed E-state index contributed by atoms with van der Waals surface area (Å²) in [6, 6.07) is 13.7. The van der Waals surface area contributed by atoms with E-state index >= 15 is 0 Å². The number of benzene rings is 2. The van der Waals surface area contributed by atoms with E-state index in [2.05, 4.69) is 10.4 Å². The van der Waals surface area contributed by atoms with E-state index in [4.69, 9.17) is 4.74 Å². The van der Waals surface area contributed by atoms with Crippen LogP contribution in [0.15, 0.2) is 60.9 Å². The van der Waals surface area contributed by atoms with Gasteiger partial charge in [0.05, 0.1) is 31.0 Å². The molecular weight excluding hydrogens is 345 g/mol. The molecule has 0 aliphatic rings. The van der Waals surface area contributed by atoms with E-state index < -0.39 is 5.41 Å². The minimum atomic E-state index is -0.803. The fourth-order valence-corrected chi connectivity index (χ4v) is 2.76. The fourth-order valence-electron chi connectivity index (χ4n) is 2.76. The minimum absolute atomic E-state index is 0.185. The zero-order valence-corrected chi connectivity index (χ0v) is 15.6. The van der Waals surface area contributed by atoms with Crippen LogP contribution < -0.4 is 10.1 Å². The number of methoxy groups -OCH3 is 1. The lowest BCUT2D eigenvalue weighted by Crippen LogP contribution is -2.34. The van der Waals surface area contributed by atoms with Gasteiger partial charge in [0.1, 0.15) is 11.6 Å². The van der Waals surface area contributed by atoms with E-state index in [9.17, 15) is 9.18 Å². The Kier molecular flexibility index (Phi) is 5.26. The zero-order chi connectivity index (χ0) is 19.4. The Balaban J connectivity index is 1.69. The Bertz CT molecular complexity index is 933. The lowest BCUT2D eigenvalue weighted by molar-refractivity contribution is -0.120. The zero-order valence-electron chi connectivity index (χ0n) is 15.6. The summed E-state index contributed by atoms with van der Waals surface area (Å²) < 4.78 is 20.1. The van der Waals surface area contributed by atoms with Gasteiger partial charge in [0, 0.05) is 6.20 Å². The van der Waals surface area contributed by atoms with Crippen molar-refractivity contribution in [3.05, 3.63) is 77.9 Å². The van der Waals surface area contributed by atoms with Crippen molar-refractivity contribution in [1.82, 2.24) is 9.78 Å². The maximum absolute atomic E-state index is 13.1. The molecule has 6 heteroatoms. The molecule has 0 bridgehead atoms. The van der Waals surface area contributed by atoms with Gasteiger partial charge in [-0.2, -0.15) is 5.10 Å². The first kappa shape index (κ1) is 18.6. The number of hydrogen-bond donors (Lipinski definition) is 1. The fraction of sp³-hybridized carbons (Fsp3) is 0.238. The van der Waals surface area contributed by atoms with Crippen molar-refractivity contribution in [2.24, 2.45) is 0 Å². The number of carbonyl (C=O) groups is 1. The van der Waals surface area contributed by atoms with Crippen molar-refractivity contribution in [3.8, 4) is 5.75 Å².